The second-order valence-electron chi connectivity index (χ2n) is 19.5. The Morgan fingerprint density at radius 3 is 1.05 bits per heavy atom. The molecular formula is C55H63BN2. The Kier molecular flexibility index (Phi) is 9.99. The van der Waals surface area contributed by atoms with Crippen molar-refractivity contribution in [2.24, 2.45) is 0 Å². The zero-order valence-corrected chi connectivity index (χ0v) is 35.2. The minimum atomic E-state index is 0.193. The van der Waals surface area contributed by atoms with E-state index in [9.17, 15) is 0 Å². The van der Waals surface area contributed by atoms with Gasteiger partial charge in [-0.25, -0.2) is 0 Å². The number of hydrogen-bond donors (Lipinski definition) is 0. The molecule has 0 bridgehead atoms. The fourth-order valence-electron chi connectivity index (χ4n) is 12.8. The van der Waals surface area contributed by atoms with Gasteiger partial charge < -0.3 is 9.80 Å². The van der Waals surface area contributed by atoms with Crippen molar-refractivity contribution in [3.05, 3.63) is 125 Å². The molecule has 0 spiro atoms. The van der Waals surface area contributed by atoms with Crippen LogP contribution in [0.3, 0.4) is 0 Å². The number of benzene rings is 5. The molecule has 4 fully saturated rings. The second-order valence-corrected chi connectivity index (χ2v) is 19.5. The molecule has 0 radical (unpaired) electrons. The van der Waals surface area contributed by atoms with Crippen molar-refractivity contribution < 1.29 is 0 Å². The molecule has 6 aliphatic rings. The van der Waals surface area contributed by atoms with Crippen molar-refractivity contribution in [2.75, 3.05) is 9.80 Å². The summed E-state index contributed by atoms with van der Waals surface area (Å²) < 4.78 is 0. The van der Waals surface area contributed by atoms with Crippen LogP contribution < -0.4 is 26.2 Å². The Balaban J connectivity index is 1.11. The third-order valence-corrected chi connectivity index (χ3v) is 15.9. The lowest BCUT2D eigenvalue weighted by molar-refractivity contribution is 0.443. The van der Waals surface area contributed by atoms with Crippen molar-refractivity contribution in [2.45, 2.75) is 159 Å². The highest BCUT2D eigenvalue weighted by atomic mass is 15.2. The lowest BCUT2D eigenvalue weighted by atomic mass is 9.33. The lowest BCUT2D eigenvalue weighted by Crippen LogP contribution is -2.61. The normalized spacial score (nSPS) is 20.5. The van der Waals surface area contributed by atoms with Gasteiger partial charge in [-0.1, -0.05) is 126 Å². The molecule has 0 saturated heterocycles. The van der Waals surface area contributed by atoms with Gasteiger partial charge in [0.05, 0.1) is 0 Å². The number of fused-ring (bicyclic) bond motifs is 4. The largest absolute Gasteiger partial charge is 0.311 e. The summed E-state index contributed by atoms with van der Waals surface area (Å²) in [5.74, 6) is 2.74. The van der Waals surface area contributed by atoms with E-state index in [1.54, 1.807) is 11.1 Å². The molecular weight excluding hydrogens is 699 g/mol. The summed E-state index contributed by atoms with van der Waals surface area (Å²) in [5.41, 5.74) is 20.1. The van der Waals surface area contributed by atoms with Gasteiger partial charge in [-0.05, 0) is 175 Å². The topological polar surface area (TPSA) is 6.48 Å². The van der Waals surface area contributed by atoms with Gasteiger partial charge in [0, 0.05) is 34.1 Å². The number of anilines is 6. The zero-order chi connectivity index (χ0) is 38.6. The molecule has 0 amide bonds. The molecule has 4 aliphatic carbocycles. The summed E-state index contributed by atoms with van der Waals surface area (Å²) in [6.07, 6.45) is 27.1. The molecule has 5 aromatic rings. The first-order valence-corrected chi connectivity index (χ1v) is 23.9. The summed E-state index contributed by atoms with van der Waals surface area (Å²) >= 11 is 0. The van der Waals surface area contributed by atoms with E-state index in [4.69, 9.17) is 0 Å². The van der Waals surface area contributed by atoms with Crippen molar-refractivity contribution in [1.82, 2.24) is 0 Å². The van der Waals surface area contributed by atoms with Crippen LogP contribution in [-0.2, 0) is 0 Å². The molecule has 4 saturated carbocycles. The predicted molar refractivity (Wildman–Crippen MR) is 249 cm³/mol. The fourth-order valence-corrected chi connectivity index (χ4v) is 12.8. The van der Waals surface area contributed by atoms with Crippen LogP contribution in [0.2, 0.25) is 0 Å². The second kappa shape index (κ2) is 15.7. The first-order chi connectivity index (χ1) is 28.7. The maximum atomic E-state index is 2.69. The number of aryl methyl sites for hydroxylation is 1. The van der Waals surface area contributed by atoms with E-state index in [0.717, 1.165) is 0 Å². The third kappa shape index (κ3) is 6.64. The molecule has 5 aromatic carbocycles. The zero-order valence-electron chi connectivity index (χ0n) is 35.2. The summed E-state index contributed by atoms with van der Waals surface area (Å²) in [7, 11) is 0. The molecule has 0 N–H and O–H groups in total. The first-order valence-electron chi connectivity index (χ1n) is 23.9. The van der Waals surface area contributed by atoms with E-state index in [1.807, 2.05) is 0 Å². The van der Waals surface area contributed by atoms with Gasteiger partial charge >= 0.3 is 0 Å². The van der Waals surface area contributed by atoms with Crippen molar-refractivity contribution in [1.29, 1.82) is 0 Å². The molecule has 2 aliphatic heterocycles. The van der Waals surface area contributed by atoms with Gasteiger partial charge in [0.1, 0.15) is 0 Å². The van der Waals surface area contributed by atoms with Gasteiger partial charge in [0.15, 0.2) is 0 Å². The molecule has 0 unspecified atom stereocenters. The van der Waals surface area contributed by atoms with Crippen LogP contribution in [0.4, 0.5) is 34.1 Å². The van der Waals surface area contributed by atoms with E-state index < -0.39 is 0 Å². The molecule has 2 nitrogen and oxygen atoms in total. The van der Waals surface area contributed by atoms with Crippen LogP contribution in [-0.4, -0.2) is 6.71 Å². The van der Waals surface area contributed by atoms with E-state index in [-0.39, 0.29) is 6.71 Å². The summed E-state index contributed by atoms with van der Waals surface area (Å²) in [6, 6.07) is 40.2. The maximum Gasteiger partial charge on any atom is 0.252 e. The Hall–Kier alpha value is -4.24. The monoisotopic (exact) mass is 763 g/mol. The van der Waals surface area contributed by atoms with E-state index >= 15 is 0 Å². The Morgan fingerprint density at radius 1 is 0.362 bits per heavy atom. The molecule has 2 heterocycles. The molecule has 0 atom stereocenters. The van der Waals surface area contributed by atoms with Crippen LogP contribution in [0.15, 0.2) is 97.1 Å². The van der Waals surface area contributed by atoms with Crippen LogP contribution in [0, 0.1) is 6.92 Å². The van der Waals surface area contributed by atoms with Gasteiger partial charge in [0.25, 0.3) is 6.71 Å². The standard InChI is InChI=1S/C55H63BN2/c1-38-34-53-55-54(35-38)58(48-30-24-44(25-31-48)40-16-8-3-9-17-40)52-33-27-46(42-20-12-5-13-21-42)37-50(52)56(55)49-36-45(41-18-10-4-11-19-41)26-32-51(49)57(53)47-28-22-43(23-29-47)39-14-6-2-7-15-39/h22-37,39-42H,2-21H2,1H3. The minimum absolute atomic E-state index is 0.193. The van der Waals surface area contributed by atoms with Crippen LogP contribution in [0.1, 0.15) is 180 Å². The molecule has 58 heavy (non-hydrogen) atoms. The Labute approximate surface area is 349 Å². The van der Waals surface area contributed by atoms with Crippen molar-refractivity contribution in [3.63, 3.8) is 0 Å². The highest BCUT2D eigenvalue weighted by Crippen LogP contribution is 2.47. The van der Waals surface area contributed by atoms with E-state index in [2.05, 4.69) is 114 Å². The number of rotatable bonds is 6. The fraction of sp³-hybridized carbons (Fsp3) is 0.455. The van der Waals surface area contributed by atoms with Crippen molar-refractivity contribution in [3.8, 4) is 0 Å². The Bertz CT molecular complexity index is 2090. The van der Waals surface area contributed by atoms with Gasteiger partial charge in [-0.15, -0.1) is 0 Å². The molecule has 3 heteroatoms. The number of hydrogen-bond acceptors (Lipinski definition) is 2. The molecule has 0 aromatic heterocycles. The smallest absolute Gasteiger partial charge is 0.252 e. The lowest BCUT2D eigenvalue weighted by Gasteiger charge is -2.45. The quantitative estimate of drug-likeness (QED) is 0.156. The van der Waals surface area contributed by atoms with Crippen LogP contribution >= 0.6 is 0 Å². The number of nitrogens with zero attached hydrogens (tertiary/aromatic N) is 2. The first kappa shape index (κ1) is 36.8. The average molecular weight is 763 g/mol. The minimum Gasteiger partial charge on any atom is -0.311 e. The van der Waals surface area contributed by atoms with Crippen molar-refractivity contribution >= 4 is 57.2 Å². The Morgan fingerprint density at radius 2 is 0.690 bits per heavy atom. The van der Waals surface area contributed by atoms with Gasteiger partial charge in [-0.2, -0.15) is 0 Å². The summed E-state index contributed by atoms with van der Waals surface area (Å²) in [5, 5.41) is 0. The summed E-state index contributed by atoms with van der Waals surface area (Å²) in [6.45, 7) is 2.52. The predicted octanol–water partition coefficient (Wildman–Crippen LogP) is 14.3. The third-order valence-electron chi connectivity index (χ3n) is 15.9. The molecule has 296 valence electrons. The van der Waals surface area contributed by atoms with Gasteiger partial charge in [-0.3, -0.25) is 0 Å². The maximum absolute atomic E-state index is 2.69. The van der Waals surface area contributed by atoms with Crippen LogP contribution in [0.25, 0.3) is 0 Å². The van der Waals surface area contributed by atoms with E-state index in [1.165, 1.54) is 196 Å². The van der Waals surface area contributed by atoms with Crippen LogP contribution in [0.5, 0.6) is 0 Å². The average Bonchev–Trinajstić information content (AvgIpc) is 3.30. The highest BCUT2D eigenvalue weighted by molar-refractivity contribution is 7.00. The SMILES string of the molecule is Cc1cc2c3c(c1)N(c1ccc(C4CCCCC4)cc1)c1ccc(C4CCCCC4)cc1B3c1cc(C3CCCCC3)ccc1N2c1ccc(C2CCCCC2)cc1. The molecule has 11 rings (SSSR count). The summed E-state index contributed by atoms with van der Waals surface area (Å²) in [4.78, 5) is 5.32. The van der Waals surface area contributed by atoms with E-state index in [0.29, 0.717) is 23.7 Å². The van der Waals surface area contributed by atoms with Gasteiger partial charge in [0.2, 0.25) is 0 Å². The highest BCUT2D eigenvalue weighted by Gasteiger charge is 2.44.